The molecule has 4 aromatic carbocycles. The second kappa shape index (κ2) is 16.3. The van der Waals surface area contributed by atoms with Crippen molar-refractivity contribution >= 4 is 34.3 Å². The van der Waals surface area contributed by atoms with Crippen molar-refractivity contribution in [2.45, 2.75) is 38.0 Å². The number of aromatic hydroxyl groups is 1. The molecule has 0 spiro atoms. The lowest BCUT2D eigenvalue weighted by Gasteiger charge is -2.31. The molecule has 1 atom stereocenters. The van der Waals surface area contributed by atoms with Crippen molar-refractivity contribution in [2.75, 3.05) is 36.8 Å². The molecule has 1 aliphatic rings. The molecule has 2 heterocycles. The highest BCUT2D eigenvalue weighted by Gasteiger charge is 2.23. The zero-order chi connectivity index (χ0) is 34.9. The maximum absolute atomic E-state index is 12.7. The molecule has 1 unspecified atom stereocenters. The van der Waals surface area contributed by atoms with Gasteiger partial charge in [0.25, 0.3) is 0 Å². The van der Waals surface area contributed by atoms with E-state index in [4.69, 9.17) is 4.74 Å². The molecule has 2 amide bonds. The number of nitrogens with zero attached hydrogens (tertiary/aromatic N) is 1. The van der Waals surface area contributed by atoms with Crippen molar-refractivity contribution in [1.29, 1.82) is 0 Å². The van der Waals surface area contributed by atoms with Crippen LogP contribution >= 0.6 is 0 Å². The average molecular weight is 676 g/mol. The topological polar surface area (TPSA) is 156 Å². The van der Waals surface area contributed by atoms with Gasteiger partial charge in [-0.2, -0.15) is 0 Å². The van der Waals surface area contributed by atoms with E-state index in [2.05, 4.69) is 25.8 Å². The molecule has 6 rings (SSSR count). The van der Waals surface area contributed by atoms with Gasteiger partial charge in [0.15, 0.2) is 0 Å². The molecule has 1 saturated heterocycles. The number of aliphatic hydroxyl groups is 1. The number of para-hydroxylation sites is 1. The molecule has 1 aliphatic heterocycles. The number of piperidine rings is 1. The fraction of sp³-hybridized carbons (Fsp3) is 0.256. The number of likely N-dealkylation sites (tertiary alicyclic amines) is 1. The largest absolute Gasteiger partial charge is 0.506 e. The number of pyridine rings is 1. The summed E-state index contributed by atoms with van der Waals surface area (Å²) in [6.45, 7) is 2.86. The van der Waals surface area contributed by atoms with Crippen LogP contribution in [0.3, 0.4) is 0 Å². The highest BCUT2D eigenvalue weighted by molar-refractivity contribution is 5.92. The molecule has 5 aromatic rings. The van der Waals surface area contributed by atoms with Gasteiger partial charge in [0.2, 0.25) is 11.5 Å². The van der Waals surface area contributed by atoms with Crippen LogP contribution in [-0.4, -0.2) is 64.4 Å². The Morgan fingerprint density at radius 2 is 1.62 bits per heavy atom. The fourth-order valence-electron chi connectivity index (χ4n) is 6.20. The minimum Gasteiger partial charge on any atom is -0.506 e. The lowest BCUT2D eigenvalue weighted by molar-refractivity contribution is -0.116. The molecule has 11 nitrogen and oxygen atoms in total. The Balaban J connectivity index is 0.886. The summed E-state index contributed by atoms with van der Waals surface area (Å²) < 4.78 is 5.74. The molecule has 6 N–H and O–H groups in total. The summed E-state index contributed by atoms with van der Waals surface area (Å²) in [6, 6.07) is 31.1. The number of aliphatic hydroxyl groups excluding tert-OH is 1. The van der Waals surface area contributed by atoms with Crippen molar-refractivity contribution in [3.63, 3.8) is 0 Å². The molecule has 0 saturated carbocycles. The normalized spacial score (nSPS) is 14.3. The number of hydrogen-bond donors (Lipinski definition) is 6. The number of nitrogens with one attached hydrogen (secondary N) is 4. The Labute approximate surface area is 289 Å². The number of rotatable bonds is 12. The second-order valence-corrected chi connectivity index (χ2v) is 12.4. The Morgan fingerprint density at radius 1 is 0.880 bits per heavy atom. The molecule has 0 aliphatic carbocycles. The number of ether oxygens (including phenoxy) is 1. The molecular weight excluding hydrogens is 634 g/mol. The van der Waals surface area contributed by atoms with Crippen molar-refractivity contribution < 1.29 is 24.5 Å². The van der Waals surface area contributed by atoms with Gasteiger partial charge in [-0.15, -0.1) is 0 Å². The number of amides is 2. The van der Waals surface area contributed by atoms with Crippen LogP contribution in [0.15, 0.2) is 108 Å². The molecular formula is C39H41N5O6. The Morgan fingerprint density at radius 3 is 2.40 bits per heavy atom. The van der Waals surface area contributed by atoms with Crippen LogP contribution < -0.4 is 21.5 Å². The molecule has 1 aromatic heterocycles. The first kappa shape index (κ1) is 34.4. The van der Waals surface area contributed by atoms with Crippen LogP contribution in [0.2, 0.25) is 0 Å². The van der Waals surface area contributed by atoms with Gasteiger partial charge in [-0.05, 0) is 59.9 Å². The second-order valence-electron chi connectivity index (χ2n) is 12.4. The summed E-state index contributed by atoms with van der Waals surface area (Å²) in [5.41, 5.74) is 4.90. The third-order valence-electron chi connectivity index (χ3n) is 8.88. The van der Waals surface area contributed by atoms with Gasteiger partial charge in [-0.3, -0.25) is 14.9 Å². The summed E-state index contributed by atoms with van der Waals surface area (Å²) in [6.07, 6.45) is 0.257. The van der Waals surface area contributed by atoms with E-state index >= 15 is 0 Å². The number of carbonyl (C=O) groups excluding carboxylic acids is 2. The minimum atomic E-state index is -0.853. The third-order valence-corrected chi connectivity index (χ3v) is 8.88. The average Bonchev–Trinajstić information content (AvgIpc) is 3.13. The van der Waals surface area contributed by atoms with Gasteiger partial charge in [0.1, 0.15) is 11.9 Å². The number of H-pyrrole nitrogens is 1. The van der Waals surface area contributed by atoms with E-state index < -0.39 is 12.2 Å². The first-order valence-electron chi connectivity index (χ1n) is 16.8. The summed E-state index contributed by atoms with van der Waals surface area (Å²) in [4.78, 5) is 41.9. The van der Waals surface area contributed by atoms with E-state index in [1.165, 1.54) is 12.1 Å². The molecule has 1 fully saturated rings. The van der Waals surface area contributed by atoms with Crippen LogP contribution in [0, 0.1) is 0 Å². The summed E-state index contributed by atoms with van der Waals surface area (Å²) in [5.74, 6) is -0.125. The summed E-state index contributed by atoms with van der Waals surface area (Å²) >= 11 is 0. The van der Waals surface area contributed by atoms with E-state index in [9.17, 15) is 24.6 Å². The molecule has 11 heteroatoms. The number of aromatic amines is 1. The van der Waals surface area contributed by atoms with Gasteiger partial charge < -0.3 is 35.5 Å². The van der Waals surface area contributed by atoms with Crippen LogP contribution in [0.1, 0.15) is 36.5 Å². The Hall–Kier alpha value is -5.49. The Kier molecular flexibility index (Phi) is 11.2. The van der Waals surface area contributed by atoms with Crippen LogP contribution in [0.5, 0.6) is 5.75 Å². The van der Waals surface area contributed by atoms with Crippen LogP contribution in [0.4, 0.5) is 16.2 Å². The maximum Gasteiger partial charge on any atom is 0.411 e. The first-order valence-corrected chi connectivity index (χ1v) is 16.8. The zero-order valence-corrected chi connectivity index (χ0v) is 27.6. The summed E-state index contributed by atoms with van der Waals surface area (Å²) in [7, 11) is 0. The number of fused-ring (bicyclic) bond motifs is 1. The highest BCUT2D eigenvalue weighted by atomic mass is 16.6. The molecule has 0 radical (unpaired) electrons. The molecule has 50 heavy (non-hydrogen) atoms. The Bertz CT molecular complexity index is 1970. The minimum absolute atomic E-state index is 0.0517. The van der Waals surface area contributed by atoms with Gasteiger partial charge in [-0.25, -0.2) is 4.79 Å². The number of benzene rings is 4. The van der Waals surface area contributed by atoms with Crippen molar-refractivity contribution in [3.8, 4) is 16.9 Å². The van der Waals surface area contributed by atoms with E-state index in [1.807, 2.05) is 78.9 Å². The van der Waals surface area contributed by atoms with Crippen molar-refractivity contribution in [3.05, 3.63) is 125 Å². The SMILES string of the molecule is O=C(CCN1CCC(OC(=O)Nc2ccccc2-c2ccccc2)CC1)Nc1ccc(CNCC(O)c2ccc(O)c3[nH]c(=O)ccc23)cc1. The van der Waals surface area contributed by atoms with Crippen molar-refractivity contribution in [1.82, 2.24) is 15.2 Å². The monoisotopic (exact) mass is 675 g/mol. The van der Waals surface area contributed by atoms with Gasteiger partial charge in [-0.1, -0.05) is 66.7 Å². The number of aromatic nitrogens is 1. The van der Waals surface area contributed by atoms with E-state index in [1.54, 1.807) is 12.1 Å². The van der Waals surface area contributed by atoms with Crippen LogP contribution in [0.25, 0.3) is 22.0 Å². The van der Waals surface area contributed by atoms with E-state index in [0.29, 0.717) is 60.2 Å². The van der Waals surface area contributed by atoms with E-state index in [0.717, 1.165) is 29.8 Å². The number of anilines is 2. The quantitative estimate of drug-likeness (QED) is 0.0975. The number of hydrogen-bond acceptors (Lipinski definition) is 8. The number of carbonyl (C=O) groups is 2. The number of phenolic OH excluding ortho intramolecular Hbond substituents is 1. The number of phenols is 1. The summed E-state index contributed by atoms with van der Waals surface area (Å²) in [5, 5.41) is 30.5. The predicted octanol–water partition coefficient (Wildman–Crippen LogP) is 5.77. The van der Waals surface area contributed by atoms with Crippen LogP contribution in [-0.2, 0) is 16.1 Å². The predicted molar refractivity (Wildman–Crippen MR) is 194 cm³/mol. The lowest BCUT2D eigenvalue weighted by Crippen LogP contribution is -2.39. The lowest BCUT2D eigenvalue weighted by atomic mass is 10.0. The van der Waals surface area contributed by atoms with Gasteiger partial charge in [0.05, 0.1) is 17.3 Å². The third kappa shape index (κ3) is 8.94. The zero-order valence-electron chi connectivity index (χ0n) is 27.6. The standard InChI is InChI=1S/C39H41N5O6/c45-34-16-14-31(32-15-17-36(47)43-38(32)34)35(46)25-40-24-26-10-12-28(13-11-26)41-37(48)20-23-44-21-18-29(19-22-44)50-39(49)42-33-9-5-4-8-30(33)27-6-2-1-3-7-27/h1-17,29,35,40,45-46H,18-25H2,(H,41,48)(H,42,49)(H,43,47). The maximum atomic E-state index is 12.7. The first-order chi connectivity index (χ1) is 24.3. The van der Waals surface area contributed by atoms with Crippen molar-refractivity contribution in [2.24, 2.45) is 0 Å². The molecule has 258 valence electrons. The van der Waals surface area contributed by atoms with Gasteiger partial charge >= 0.3 is 6.09 Å². The smallest absolute Gasteiger partial charge is 0.411 e. The van der Waals surface area contributed by atoms with E-state index in [-0.39, 0.29) is 29.9 Å². The van der Waals surface area contributed by atoms with Gasteiger partial charge in [0, 0.05) is 61.8 Å². The molecule has 0 bridgehead atoms. The fourth-order valence-corrected chi connectivity index (χ4v) is 6.20. The highest BCUT2D eigenvalue weighted by Crippen LogP contribution is 2.29.